The van der Waals surface area contributed by atoms with E-state index in [1.807, 2.05) is 7.05 Å². The summed E-state index contributed by atoms with van der Waals surface area (Å²) in [5, 5.41) is 3.07. The van der Waals surface area contributed by atoms with Gasteiger partial charge in [0.15, 0.2) is 4.34 Å². The van der Waals surface area contributed by atoms with E-state index in [2.05, 4.69) is 14.7 Å². The van der Waals surface area contributed by atoms with E-state index in [0.717, 1.165) is 16.6 Å². The zero-order valence-electron chi connectivity index (χ0n) is 5.70. The fourth-order valence-electron chi connectivity index (χ4n) is 0.467. The first-order chi connectivity index (χ1) is 4.93. The second-order valence-corrected chi connectivity index (χ2v) is 3.78. The Morgan fingerprint density at radius 1 is 1.80 bits per heavy atom. The van der Waals surface area contributed by atoms with Crippen LogP contribution in [0.4, 0.5) is 0 Å². The third-order valence-corrected chi connectivity index (χ3v) is 2.72. The largest absolute Gasteiger partial charge is 0.319 e. The van der Waals surface area contributed by atoms with E-state index in [9.17, 15) is 0 Å². The normalized spacial score (nSPS) is 10.1. The summed E-state index contributed by atoms with van der Waals surface area (Å²) in [5.41, 5.74) is 0. The van der Waals surface area contributed by atoms with Crippen LogP contribution >= 0.6 is 23.3 Å². The molecule has 1 aromatic heterocycles. The molecule has 0 radical (unpaired) electrons. The number of hydrogen-bond donors (Lipinski definition) is 1. The molecule has 5 heteroatoms. The van der Waals surface area contributed by atoms with Crippen molar-refractivity contribution in [3.63, 3.8) is 0 Å². The molecule has 0 aliphatic heterocycles. The van der Waals surface area contributed by atoms with Gasteiger partial charge in [0.25, 0.3) is 0 Å². The van der Waals surface area contributed by atoms with Crippen LogP contribution in [0.25, 0.3) is 0 Å². The van der Waals surface area contributed by atoms with Gasteiger partial charge in [0, 0.05) is 12.3 Å². The highest BCUT2D eigenvalue weighted by Crippen LogP contribution is 2.16. The lowest BCUT2D eigenvalue weighted by molar-refractivity contribution is 0.871. The van der Waals surface area contributed by atoms with Crippen molar-refractivity contribution in [1.29, 1.82) is 0 Å². The topological polar surface area (TPSA) is 37.8 Å². The van der Waals surface area contributed by atoms with Crippen LogP contribution in [0.15, 0.2) is 10.7 Å². The summed E-state index contributed by atoms with van der Waals surface area (Å²) in [6, 6.07) is 0. The van der Waals surface area contributed by atoms with E-state index >= 15 is 0 Å². The standard InChI is InChI=1S/C5H9N3S2/c1-6-2-3-9-5-7-4-8-10-5/h4,6H,2-3H2,1H3. The predicted molar refractivity (Wildman–Crippen MR) is 44.6 cm³/mol. The average Bonchev–Trinajstić information content (AvgIpc) is 2.41. The molecule has 3 nitrogen and oxygen atoms in total. The Hall–Kier alpha value is -0.130. The zero-order valence-corrected chi connectivity index (χ0v) is 7.34. The molecule has 0 fully saturated rings. The van der Waals surface area contributed by atoms with Gasteiger partial charge in [0.05, 0.1) is 0 Å². The van der Waals surface area contributed by atoms with Crippen molar-refractivity contribution < 1.29 is 0 Å². The molecule has 1 N–H and O–H groups in total. The van der Waals surface area contributed by atoms with Gasteiger partial charge >= 0.3 is 0 Å². The molecule has 56 valence electrons. The smallest absolute Gasteiger partial charge is 0.169 e. The first kappa shape index (κ1) is 7.97. The highest BCUT2D eigenvalue weighted by atomic mass is 32.2. The number of thioether (sulfide) groups is 1. The van der Waals surface area contributed by atoms with E-state index in [0.29, 0.717) is 0 Å². The van der Waals surface area contributed by atoms with Gasteiger partial charge < -0.3 is 5.32 Å². The molecule has 10 heavy (non-hydrogen) atoms. The van der Waals surface area contributed by atoms with Crippen molar-refractivity contribution in [2.24, 2.45) is 0 Å². The fourth-order valence-corrected chi connectivity index (χ4v) is 1.94. The molecule has 0 bridgehead atoms. The number of nitrogens with one attached hydrogen (secondary N) is 1. The molecule has 0 spiro atoms. The van der Waals surface area contributed by atoms with Crippen molar-refractivity contribution in [3.8, 4) is 0 Å². The quantitative estimate of drug-likeness (QED) is 0.544. The lowest BCUT2D eigenvalue weighted by atomic mass is 10.8. The number of nitrogens with zero attached hydrogens (tertiary/aromatic N) is 2. The first-order valence-corrected chi connectivity index (χ1v) is 4.73. The highest BCUT2D eigenvalue weighted by molar-refractivity contribution is 8.00. The minimum absolute atomic E-state index is 1.02. The van der Waals surface area contributed by atoms with Crippen LogP contribution in [0, 0.1) is 0 Å². The molecule has 0 aromatic carbocycles. The van der Waals surface area contributed by atoms with Crippen LogP contribution in [-0.2, 0) is 0 Å². The van der Waals surface area contributed by atoms with Gasteiger partial charge in [0.1, 0.15) is 6.33 Å². The van der Waals surface area contributed by atoms with Gasteiger partial charge in [0.2, 0.25) is 0 Å². The molecule has 1 heterocycles. The lowest BCUT2D eigenvalue weighted by Crippen LogP contribution is -2.09. The summed E-state index contributed by atoms with van der Waals surface area (Å²) in [7, 11) is 1.95. The maximum Gasteiger partial charge on any atom is 0.169 e. The van der Waals surface area contributed by atoms with Crippen LogP contribution in [0.5, 0.6) is 0 Å². The van der Waals surface area contributed by atoms with Crippen LogP contribution in [0.2, 0.25) is 0 Å². The Morgan fingerprint density at radius 3 is 3.30 bits per heavy atom. The Morgan fingerprint density at radius 2 is 2.70 bits per heavy atom. The highest BCUT2D eigenvalue weighted by Gasteiger charge is 1.94. The molecule has 0 atom stereocenters. The average molecular weight is 175 g/mol. The summed E-state index contributed by atoms with van der Waals surface area (Å²) >= 11 is 3.18. The van der Waals surface area contributed by atoms with E-state index in [1.165, 1.54) is 11.5 Å². The Kier molecular flexibility index (Phi) is 3.71. The van der Waals surface area contributed by atoms with Crippen molar-refractivity contribution in [1.82, 2.24) is 14.7 Å². The molecule has 0 aliphatic rings. The predicted octanol–water partition coefficient (Wildman–Crippen LogP) is 0.850. The third-order valence-electron chi connectivity index (χ3n) is 0.919. The maximum atomic E-state index is 4.03. The van der Waals surface area contributed by atoms with Crippen molar-refractivity contribution in [2.45, 2.75) is 4.34 Å². The van der Waals surface area contributed by atoms with E-state index in [-0.39, 0.29) is 0 Å². The lowest BCUT2D eigenvalue weighted by Gasteiger charge is -1.93. The molecule has 1 aromatic rings. The number of rotatable bonds is 4. The Labute approximate surface area is 68.4 Å². The SMILES string of the molecule is CNCCSc1ncns1. The molecular formula is C5H9N3S2. The summed E-state index contributed by atoms with van der Waals surface area (Å²) in [6.45, 7) is 1.02. The van der Waals surface area contributed by atoms with Crippen molar-refractivity contribution in [3.05, 3.63) is 6.33 Å². The van der Waals surface area contributed by atoms with Gasteiger partial charge in [-0.15, -0.1) is 0 Å². The van der Waals surface area contributed by atoms with E-state index in [4.69, 9.17) is 0 Å². The van der Waals surface area contributed by atoms with E-state index in [1.54, 1.807) is 18.1 Å². The van der Waals surface area contributed by atoms with Crippen LogP contribution in [-0.4, -0.2) is 28.7 Å². The number of aromatic nitrogens is 2. The summed E-state index contributed by atoms with van der Waals surface area (Å²) in [5.74, 6) is 1.06. The molecule has 0 saturated carbocycles. The van der Waals surface area contributed by atoms with Crippen molar-refractivity contribution >= 4 is 23.3 Å². The molecular weight excluding hydrogens is 166 g/mol. The van der Waals surface area contributed by atoms with Gasteiger partial charge in [-0.25, -0.2) is 4.98 Å². The molecule has 0 unspecified atom stereocenters. The molecule has 0 aliphatic carbocycles. The minimum Gasteiger partial charge on any atom is -0.319 e. The van der Waals surface area contributed by atoms with Crippen LogP contribution in [0.3, 0.4) is 0 Å². The first-order valence-electron chi connectivity index (χ1n) is 2.97. The maximum absolute atomic E-state index is 4.03. The number of hydrogen-bond acceptors (Lipinski definition) is 5. The zero-order chi connectivity index (χ0) is 7.23. The summed E-state index contributed by atoms with van der Waals surface area (Å²) in [6.07, 6.45) is 1.59. The summed E-state index contributed by atoms with van der Waals surface area (Å²) < 4.78 is 4.94. The second kappa shape index (κ2) is 4.65. The van der Waals surface area contributed by atoms with Crippen LogP contribution < -0.4 is 5.32 Å². The van der Waals surface area contributed by atoms with Gasteiger partial charge in [-0.2, -0.15) is 4.37 Å². The van der Waals surface area contributed by atoms with E-state index < -0.39 is 0 Å². The monoisotopic (exact) mass is 175 g/mol. The summed E-state index contributed by atoms with van der Waals surface area (Å²) in [4.78, 5) is 4.03. The van der Waals surface area contributed by atoms with Gasteiger partial charge in [-0.1, -0.05) is 11.8 Å². The fraction of sp³-hybridized carbons (Fsp3) is 0.600. The molecule has 1 rings (SSSR count). The minimum atomic E-state index is 1.02. The molecule has 0 amide bonds. The Bertz CT molecular complexity index is 163. The van der Waals surface area contributed by atoms with Crippen LogP contribution in [0.1, 0.15) is 0 Å². The van der Waals surface area contributed by atoms with Gasteiger partial charge in [-0.3, -0.25) is 0 Å². The Balaban J connectivity index is 2.15. The van der Waals surface area contributed by atoms with Crippen molar-refractivity contribution in [2.75, 3.05) is 19.3 Å². The second-order valence-electron chi connectivity index (χ2n) is 1.66. The molecule has 0 saturated heterocycles. The third kappa shape index (κ3) is 2.64. The van der Waals surface area contributed by atoms with Gasteiger partial charge in [-0.05, 0) is 18.6 Å².